The third-order valence-electron chi connectivity index (χ3n) is 4.06. The molecule has 0 bridgehead atoms. The predicted octanol–water partition coefficient (Wildman–Crippen LogP) is 2.79. The fourth-order valence-corrected chi connectivity index (χ4v) is 2.80. The normalized spacial score (nSPS) is 19.2. The van der Waals surface area contributed by atoms with Crippen molar-refractivity contribution in [2.75, 3.05) is 26.2 Å². The Morgan fingerprint density at radius 3 is 2.82 bits per heavy atom. The fraction of sp³-hybridized carbons (Fsp3) is 0.444. The first-order chi connectivity index (χ1) is 10.8. The highest BCUT2D eigenvalue weighted by molar-refractivity contribution is 5.14. The van der Waals surface area contributed by atoms with Crippen molar-refractivity contribution in [3.8, 4) is 0 Å². The number of ether oxygens (including phenoxy) is 1. The molecule has 1 unspecified atom stereocenters. The summed E-state index contributed by atoms with van der Waals surface area (Å²) >= 11 is 0. The molecule has 1 atom stereocenters. The number of aryl methyl sites for hydroxylation is 2. The van der Waals surface area contributed by atoms with E-state index in [-0.39, 0.29) is 6.10 Å². The van der Waals surface area contributed by atoms with Crippen LogP contribution in [-0.4, -0.2) is 41.1 Å². The maximum absolute atomic E-state index is 5.85. The highest BCUT2D eigenvalue weighted by atomic mass is 16.5. The number of aromatic nitrogens is 2. The first kappa shape index (κ1) is 15.1. The van der Waals surface area contributed by atoms with Crippen LogP contribution in [0.1, 0.15) is 29.5 Å². The zero-order valence-electron chi connectivity index (χ0n) is 13.1. The van der Waals surface area contributed by atoms with Crippen LogP contribution in [0.3, 0.4) is 0 Å². The molecule has 1 aliphatic rings. The summed E-state index contributed by atoms with van der Waals surface area (Å²) < 4.78 is 5.85. The zero-order chi connectivity index (χ0) is 15.2. The minimum Gasteiger partial charge on any atom is -0.369 e. The van der Waals surface area contributed by atoms with Gasteiger partial charge in [-0.1, -0.05) is 30.3 Å². The van der Waals surface area contributed by atoms with E-state index in [2.05, 4.69) is 45.2 Å². The molecular weight excluding hydrogens is 274 g/mol. The van der Waals surface area contributed by atoms with Gasteiger partial charge in [0.05, 0.1) is 24.2 Å². The van der Waals surface area contributed by atoms with E-state index >= 15 is 0 Å². The van der Waals surface area contributed by atoms with Crippen LogP contribution in [0.2, 0.25) is 0 Å². The average molecular weight is 297 g/mol. The van der Waals surface area contributed by atoms with Crippen molar-refractivity contribution >= 4 is 0 Å². The number of rotatable bonds is 5. The van der Waals surface area contributed by atoms with Crippen molar-refractivity contribution in [2.45, 2.75) is 25.9 Å². The van der Waals surface area contributed by atoms with Gasteiger partial charge in [-0.15, -0.1) is 0 Å². The lowest BCUT2D eigenvalue weighted by molar-refractivity contribution is -0.0324. The summed E-state index contributed by atoms with van der Waals surface area (Å²) in [6.07, 6.45) is 6.02. The van der Waals surface area contributed by atoms with E-state index in [1.165, 1.54) is 12.0 Å². The van der Waals surface area contributed by atoms with Gasteiger partial charge in [0.25, 0.3) is 0 Å². The number of nitrogens with zero attached hydrogens (tertiary/aromatic N) is 3. The molecule has 0 N–H and O–H groups in total. The third-order valence-corrected chi connectivity index (χ3v) is 4.06. The van der Waals surface area contributed by atoms with Crippen LogP contribution in [-0.2, 0) is 11.2 Å². The van der Waals surface area contributed by atoms with Crippen LogP contribution in [0.5, 0.6) is 0 Å². The molecule has 1 saturated heterocycles. The number of hydrogen-bond acceptors (Lipinski definition) is 4. The van der Waals surface area contributed by atoms with E-state index in [0.717, 1.165) is 44.0 Å². The monoisotopic (exact) mass is 297 g/mol. The fourth-order valence-electron chi connectivity index (χ4n) is 2.80. The van der Waals surface area contributed by atoms with Gasteiger partial charge in [-0.2, -0.15) is 0 Å². The lowest BCUT2D eigenvalue weighted by Gasteiger charge is -2.32. The molecule has 3 rings (SSSR count). The second kappa shape index (κ2) is 7.47. The maximum Gasteiger partial charge on any atom is 0.114 e. The highest BCUT2D eigenvalue weighted by Crippen LogP contribution is 2.20. The van der Waals surface area contributed by atoms with Crippen molar-refractivity contribution in [2.24, 2.45) is 0 Å². The van der Waals surface area contributed by atoms with Crippen LogP contribution in [0.4, 0.5) is 0 Å². The molecule has 0 spiro atoms. The van der Waals surface area contributed by atoms with E-state index < -0.39 is 0 Å². The van der Waals surface area contributed by atoms with Crippen molar-refractivity contribution in [1.82, 2.24) is 14.9 Å². The third kappa shape index (κ3) is 4.12. The highest BCUT2D eigenvalue weighted by Gasteiger charge is 2.22. The SMILES string of the molecule is Cc1cnc(C2CN(CCCc3ccccc3)CCO2)cn1. The Hall–Kier alpha value is -1.78. The van der Waals surface area contributed by atoms with Crippen LogP contribution < -0.4 is 0 Å². The lowest BCUT2D eigenvalue weighted by Crippen LogP contribution is -2.39. The largest absolute Gasteiger partial charge is 0.369 e. The molecule has 22 heavy (non-hydrogen) atoms. The van der Waals surface area contributed by atoms with Crippen LogP contribution in [0, 0.1) is 6.92 Å². The summed E-state index contributed by atoms with van der Waals surface area (Å²) in [6, 6.07) is 10.7. The molecule has 0 aliphatic carbocycles. The van der Waals surface area contributed by atoms with Gasteiger partial charge in [0, 0.05) is 19.3 Å². The standard InChI is InChI=1S/C18H23N3O/c1-15-12-20-17(13-19-15)18-14-21(10-11-22-18)9-5-8-16-6-3-2-4-7-16/h2-4,6-7,12-13,18H,5,8-11,14H2,1H3. The summed E-state index contributed by atoms with van der Waals surface area (Å²) in [5.74, 6) is 0. The zero-order valence-corrected chi connectivity index (χ0v) is 13.1. The summed E-state index contributed by atoms with van der Waals surface area (Å²) in [5.41, 5.74) is 3.30. The van der Waals surface area contributed by atoms with Gasteiger partial charge < -0.3 is 4.74 Å². The van der Waals surface area contributed by atoms with E-state index in [1.807, 2.05) is 19.3 Å². The molecule has 0 saturated carbocycles. The van der Waals surface area contributed by atoms with Crippen LogP contribution in [0.15, 0.2) is 42.7 Å². The first-order valence-electron chi connectivity index (χ1n) is 7.98. The van der Waals surface area contributed by atoms with Gasteiger partial charge in [-0.05, 0) is 31.9 Å². The molecule has 0 amide bonds. The molecular formula is C18H23N3O. The summed E-state index contributed by atoms with van der Waals surface area (Å²) in [7, 11) is 0. The average Bonchev–Trinajstić information content (AvgIpc) is 2.57. The van der Waals surface area contributed by atoms with E-state index in [4.69, 9.17) is 4.74 Å². The van der Waals surface area contributed by atoms with Gasteiger partial charge in [0.1, 0.15) is 6.10 Å². The van der Waals surface area contributed by atoms with E-state index in [1.54, 1.807) is 0 Å². The number of morpholine rings is 1. The van der Waals surface area contributed by atoms with Crippen LogP contribution >= 0.6 is 0 Å². The molecule has 1 aliphatic heterocycles. The summed E-state index contributed by atoms with van der Waals surface area (Å²) in [6.45, 7) is 5.74. The van der Waals surface area contributed by atoms with Gasteiger partial charge in [0.15, 0.2) is 0 Å². The van der Waals surface area contributed by atoms with Crippen molar-refractivity contribution in [3.05, 3.63) is 59.7 Å². The van der Waals surface area contributed by atoms with Gasteiger partial charge >= 0.3 is 0 Å². The molecule has 4 heteroatoms. The number of hydrogen-bond donors (Lipinski definition) is 0. The number of benzene rings is 1. The Morgan fingerprint density at radius 1 is 1.18 bits per heavy atom. The van der Waals surface area contributed by atoms with E-state index in [9.17, 15) is 0 Å². The Kier molecular flexibility index (Phi) is 5.14. The quantitative estimate of drug-likeness (QED) is 0.850. The van der Waals surface area contributed by atoms with E-state index in [0.29, 0.717) is 0 Å². The molecule has 116 valence electrons. The Labute approximate surface area is 132 Å². The second-order valence-electron chi connectivity index (χ2n) is 5.83. The second-order valence-corrected chi connectivity index (χ2v) is 5.83. The van der Waals surface area contributed by atoms with Crippen LogP contribution in [0.25, 0.3) is 0 Å². The Balaban J connectivity index is 1.49. The van der Waals surface area contributed by atoms with Crippen molar-refractivity contribution < 1.29 is 4.74 Å². The lowest BCUT2D eigenvalue weighted by atomic mass is 10.1. The summed E-state index contributed by atoms with van der Waals surface area (Å²) in [5, 5.41) is 0. The summed E-state index contributed by atoms with van der Waals surface area (Å²) in [4.78, 5) is 11.2. The molecule has 4 nitrogen and oxygen atoms in total. The molecule has 2 heterocycles. The molecule has 1 aromatic carbocycles. The predicted molar refractivity (Wildman–Crippen MR) is 86.7 cm³/mol. The van der Waals surface area contributed by atoms with Gasteiger partial charge in [-0.25, -0.2) is 0 Å². The minimum atomic E-state index is 0.0542. The smallest absolute Gasteiger partial charge is 0.114 e. The topological polar surface area (TPSA) is 38.2 Å². The van der Waals surface area contributed by atoms with Gasteiger partial charge in [-0.3, -0.25) is 14.9 Å². The molecule has 0 radical (unpaired) electrons. The van der Waals surface area contributed by atoms with Crippen molar-refractivity contribution in [3.63, 3.8) is 0 Å². The minimum absolute atomic E-state index is 0.0542. The first-order valence-corrected chi connectivity index (χ1v) is 7.98. The Morgan fingerprint density at radius 2 is 2.05 bits per heavy atom. The van der Waals surface area contributed by atoms with Crippen molar-refractivity contribution in [1.29, 1.82) is 0 Å². The molecule has 1 fully saturated rings. The molecule has 2 aromatic rings. The maximum atomic E-state index is 5.85. The van der Waals surface area contributed by atoms with Gasteiger partial charge in [0.2, 0.25) is 0 Å². The Bertz CT molecular complexity index is 571. The molecule has 1 aromatic heterocycles.